The van der Waals surface area contributed by atoms with Gasteiger partial charge in [-0.1, -0.05) is 30.3 Å². The first-order valence-corrected chi connectivity index (χ1v) is 14.1. The van der Waals surface area contributed by atoms with Crippen molar-refractivity contribution in [2.75, 3.05) is 11.4 Å². The largest absolute Gasteiger partial charge is 0.433 e. The van der Waals surface area contributed by atoms with Crippen molar-refractivity contribution in [2.45, 2.75) is 44.4 Å². The van der Waals surface area contributed by atoms with E-state index in [1.807, 2.05) is 6.07 Å². The highest BCUT2D eigenvalue weighted by molar-refractivity contribution is 6.05. The van der Waals surface area contributed by atoms with Crippen LogP contribution in [0.15, 0.2) is 66.9 Å². The number of anilines is 1. The number of hydrogen-bond acceptors (Lipinski definition) is 7. The lowest BCUT2D eigenvalue weighted by Gasteiger charge is -2.38. The molecule has 0 saturated heterocycles. The average molecular weight is 635 g/mol. The van der Waals surface area contributed by atoms with E-state index in [1.165, 1.54) is 28.6 Å². The number of alkyl halides is 3. The topological polar surface area (TPSA) is 146 Å². The zero-order valence-electron chi connectivity index (χ0n) is 24.4. The van der Waals surface area contributed by atoms with Gasteiger partial charge in [0.15, 0.2) is 0 Å². The van der Waals surface area contributed by atoms with Crippen LogP contribution in [0.25, 0.3) is 5.69 Å². The van der Waals surface area contributed by atoms with Crippen LogP contribution >= 0.6 is 0 Å². The summed E-state index contributed by atoms with van der Waals surface area (Å²) >= 11 is 0. The lowest BCUT2D eigenvalue weighted by molar-refractivity contribution is -0.141. The molecule has 2 N–H and O–H groups in total. The van der Waals surface area contributed by atoms with E-state index >= 15 is 0 Å². The molecule has 0 radical (unpaired) electrons. The number of benzene rings is 2. The Kier molecular flexibility index (Phi) is 8.81. The molecule has 0 bridgehead atoms. The van der Waals surface area contributed by atoms with E-state index < -0.39 is 59.2 Å². The van der Waals surface area contributed by atoms with Gasteiger partial charge in [-0.05, 0) is 49.7 Å². The third-order valence-electron chi connectivity index (χ3n) is 7.29. The first-order chi connectivity index (χ1) is 21.9. The minimum Gasteiger partial charge on any atom is -0.340 e. The molecule has 1 aliphatic rings. The molecular formula is C31H26F4N8O3. The Morgan fingerprint density at radius 1 is 1.09 bits per heavy atom. The monoisotopic (exact) mass is 634 g/mol. The van der Waals surface area contributed by atoms with Gasteiger partial charge in [-0.15, -0.1) is 0 Å². The fourth-order valence-electron chi connectivity index (χ4n) is 5.29. The molecule has 46 heavy (non-hydrogen) atoms. The third kappa shape index (κ3) is 6.27. The van der Waals surface area contributed by atoms with Crippen LogP contribution in [0.3, 0.4) is 0 Å². The molecule has 1 aliphatic heterocycles. The van der Waals surface area contributed by atoms with Gasteiger partial charge in [-0.2, -0.15) is 23.5 Å². The van der Waals surface area contributed by atoms with Gasteiger partial charge in [0.1, 0.15) is 29.4 Å². The number of fused-ring (bicyclic) bond motifs is 1. The standard InChI is InChI=1S/C31H26F4N8O3/c1-3-42-29-25(21(15-23(44)38-17(2)16-36)41-43(29)20-7-5-4-6-8-20)24(18-9-11-19(32)12-10-18)26(30(42)46)40-28(45)27-37-14-13-22(39-27)31(33,34)35/h4-14,17,24,26H,3,15H2,1-2H3,(H,38,44)(H,40,45)/t17-,24+,26-/m0/s1. The van der Waals surface area contributed by atoms with Crippen molar-refractivity contribution < 1.29 is 31.9 Å². The molecule has 3 heterocycles. The summed E-state index contributed by atoms with van der Waals surface area (Å²) in [6, 6.07) is 14.1. The number of halogens is 4. The van der Waals surface area contributed by atoms with Crippen LogP contribution in [0.5, 0.6) is 0 Å². The second-order valence-electron chi connectivity index (χ2n) is 10.4. The van der Waals surface area contributed by atoms with Gasteiger partial charge in [0.05, 0.1) is 23.9 Å². The van der Waals surface area contributed by atoms with Gasteiger partial charge in [0, 0.05) is 24.2 Å². The van der Waals surface area contributed by atoms with E-state index in [-0.39, 0.29) is 24.5 Å². The molecule has 2 aromatic heterocycles. The highest BCUT2D eigenvalue weighted by Gasteiger charge is 2.46. The predicted octanol–water partition coefficient (Wildman–Crippen LogP) is 3.69. The lowest BCUT2D eigenvalue weighted by atomic mass is 9.80. The molecule has 11 nitrogen and oxygen atoms in total. The summed E-state index contributed by atoms with van der Waals surface area (Å²) in [5.41, 5.74) is 0.0731. The van der Waals surface area contributed by atoms with Crippen LogP contribution in [0, 0.1) is 17.1 Å². The Hall–Kier alpha value is -5.65. The number of para-hydroxylation sites is 1. The summed E-state index contributed by atoms with van der Waals surface area (Å²) in [6.45, 7) is 3.25. The summed E-state index contributed by atoms with van der Waals surface area (Å²) < 4.78 is 55.6. The Bertz CT molecular complexity index is 1820. The zero-order chi connectivity index (χ0) is 33.2. The van der Waals surface area contributed by atoms with Crippen LogP contribution in [-0.2, 0) is 22.2 Å². The maximum absolute atomic E-state index is 14.2. The SMILES string of the molecule is CCN1C(=O)[C@@H](NC(=O)c2nccc(C(F)(F)F)n2)[C@H](c2ccc(F)cc2)c2c(CC(=O)N[C@@H](C)C#N)nn(-c3ccccc3)c21. The fourth-order valence-corrected chi connectivity index (χ4v) is 5.29. The van der Waals surface area contributed by atoms with Gasteiger partial charge in [0.2, 0.25) is 11.7 Å². The summed E-state index contributed by atoms with van der Waals surface area (Å²) in [5.74, 6) is -4.56. The highest BCUT2D eigenvalue weighted by Crippen LogP contribution is 2.44. The number of nitrogens with one attached hydrogen (secondary N) is 2. The minimum atomic E-state index is -4.85. The molecule has 0 aliphatic carbocycles. The lowest BCUT2D eigenvalue weighted by Crippen LogP contribution is -2.55. The Labute approximate surface area is 259 Å². The molecule has 0 saturated carbocycles. The van der Waals surface area contributed by atoms with Gasteiger partial charge in [-0.3, -0.25) is 19.3 Å². The molecule has 15 heteroatoms. The quantitative estimate of drug-likeness (QED) is 0.281. The smallest absolute Gasteiger partial charge is 0.340 e. The molecular weight excluding hydrogens is 608 g/mol. The maximum Gasteiger partial charge on any atom is 0.433 e. The number of carbonyl (C=O) groups excluding carboxylic acids is 3. The van der Waals surface area contributed by atoms with E-state index in [0.29, 0.717) is 22.9 Å². The molecule has 3 atom stereocenters. The van der Waals surface area contributed by atoms with Gasteiger partial charge >= 0.3 is 6.18 Å². The Balaban J connectivity index is 1.70. The molecule has 0 unspecified atom stereocenters. The first kappa shape index (κ1) is 31.8. The fraction of sp³-hybridized carbons (Fsp3) is 0.258. The molecule has 4 aromatic rings. The van der Waals surface area contributed by atoms with E-state index in [9.17, 15) is 37.2 Å². The highest BCUT2D eigenvalue weighted by atomic mass is 19.4. The van der Waals surface area contributed by atoms with Crippen molar-refractivity contribution in [3.8, 4) is 11.8 Å². The number of carbonyl (C=O) groups is 3. The van der Waals surface area contributed by atoms with Crippen molar-refractivity contribution in [1.29, 1.82) is 5.26 Å². The third-order valence-corrected chi connectivity index (χ3v) is 7.29. The summed E-state index contributed by atoms with van der Waals surface area (Å²) in [5, 5.41) is 19.0. The zero-order valence-corrected chi connectivity index (χ0v) is 24.4. The van der Waals surface area contributed by atoms with Crippen molar-refractivity contribution in [2.24, 2.45) is 0 Å². The Morgan fingerprint density at radius 3 is 2.41 bits per heavy atom. The molecule has 2 aromatic carbocycles. The van der Waals surface area contributed by atoms with Gasteiger partial charge in [0.25, 0.3) is 11.8 Å². The molecule has 236 valence electrons. The number of hydrogen-bond donors (Lipinski definition) is 2. The summed E-state index contributed by atoms with van der Waals surface area (Å²) in [6.07, 6.45) is -4.41. The van der Waals surface area contributed by atoms with Crippen molar-refractivity contribution in [3.05, 3.63) is 101 Å². The Morgan fingerprint density at radius 2 is 1.78 bits per heavy atom. The van der Waals surface area contributed by atoms with E-state index in [2.05, 4.69) is 20.6 Å². The van der Waals surface area contributed by atoms with Crippen LogP contribution < -0.4 is 15.5 Å². The average Bonchev–Trinajstić information content (AvgIpc) is 3.40. The second kappa shape index (κ2) is 12.8. The van der Waals surface area contributed by atoms with Crippen LogP contribution in [0.2, 0.25) is 0 Å². The summed E-state index contributed by atoms with van der Waals surface area (Å²) in [7, 11) is 0. The van der Waals surface area contributed by atoms with Crippen molar-refractivity contribution in [1.82, 2.24) is 30.4 Å². The van der Waals surface area contributed by atoms with E-state index in [4.69, 9.17) is 5.10 Å². The minimum absolute atomic E-state index is 0.0734. The number of nitrogens with zero attached hydrogens (tertiary/aromatic N) is 6. The maximum atomic E-state index is 14.2. The van der Waals surface area contributed by atoms with Crippen LogP contribution in [-0.4, -0.2) is 56.1 Å². The molecule has 0 fully saturated rings. The van der Waals surface area contributed by atoms with Crippen molar-refractivity contribution >= 4 is 23.5 Å². The molecule has 3 amide bonds. The molecule has 0 spiro atoms. The van der Waals surface area contributed by atoms with Crippen LogP contribution in [0.1, 0.15) is 52.9 Å². The second-order valence-corrected chi connectivity index (χ2v) is 10.4. The number of aromatic nitrogens is 4. The summed E-state index contributed by atoms with van der Waals surface area (Å²) in [4.78, 5) is 49.0. The first-order valence-electron chi connectivity index (χ1n) is 14.1. The number of rotatable bonds is 8. The van der Waals surface area contributed by atoms with Crippen molar-refractivity contribution in [3.63, 3.8) is 0 Å². The number of nitriles is 1. The molecule has 5 rings (SSSR count). The van der Waals surface area contributed by atoms with Gasteiger partial charge < -0.3 is 10.6 Å². The number of amides is 3. The van der Waals surface area contributed by atoms with Crippen LogP contribution in [0.4, 0.5) is 23.4 Å². The number of likely N-dealkylation sites (N-methyl/N-ethyl adjacent to an activating group) is 1. The van der Waals surface area contributed by atoms with E-state index in [0.717, 1.165) is 18.3 Å². The normalized spacial score (nSPS) is 16.7. The van der Waals surface area contributed by atoms with Gasteiger partial charge in [-0.25, -0.2) is 19.0 Å². The predicted molar refractivity (Wildman–Crippen MR) is 155 cm³/mol. The van der Waals surface area contributed by atoms with E-state index in [1.54, 1.807) is 37.3 Å².